The molecule has 3 nitrogen and oxygen atoms in total. The third-order valence-electron chi connectivity index (χ3n) is 3.58. The van der Waals surface area contributed by atoms with Crippen molar-refractivity contribution >= 4 is 5.97 Å². The molecule has 0 saturated heterocycles. The summed E-state index contributed by atoms with van der Waals surface area (Å²) in [6.07, 6.45) is 4.22. The normalized spacial score (nSPS) is 18.6. The number of carboxylic acids is 1. The van der Waals surface area contributed by atoms with Crippen molar-refractivity contribution < 1.29 is 18.7 Å². The Hall–Kier alpha value is -1.49. The molecule has 2 rings (SSSR count). The van der Waals surface area contributed by atoms with Gasteiger partial charge in [-0.15, -0.1) is 0 Å². The summed E-state index contributed by atoms with van der Waals surface area (Å²) >= 11 is 0. The van der Waals surface area contributed by atoms with Crippen LogP contribution in [0.5, 0.6) is 0 Å². The average molecular weight is 255 g/mol. The average Bonchev–Trinajstić information content (AvgIpc) is 2.33. The highest BCUT2D eigenvalue weighted by atomic mass is 19.2. The predicted octanol–water partition coefficient (Wildman–Crippen LogP) is 2.78. The van der Waals surface area contributed by atoms with Crippen LogP contribution in [0.15, 0.2) is 12.1 Å². The van der Waals surface area contributed by atoms with Crippen LogP contribution in [0.25, 0.3) is 0 Å². The fraction of sp³-hybridized carbons (Fsp3) is 0.462. The van der Waals surface area contributed by atoms with E-state index in [2.05, 4.69) is 0 Å². The van der Waals surface area contributed by atoms with Gasteiger partial charge in [-0.25, -0.2) is 13.6 Å². The van der Waals surface area contributed by atoms with Crippen LogP contribution in [0.2, 0.25) is 0 Å². The molecule has 0 amide bonds. The van der Waals surface area contributed by atoms with Gasteiger partial charge in [0.15, 0.2) is 11.6 Å². The van der Waals surface area contributed by atoms with Crippen molar-refractivity contribution in [3.05, 3.63) is 34.9 Å². The van der Waals surface area contributed by atoms with Gasteiger partial charge < -0.3 is 10.8 Å². The van der Waals surface area contributed by atoms with Gasteiger partial charge in [0, 0.05) is 5.54 Å². The second kappa shape index (κ2) is 4.65. The molecule has 1 fully saturated rings. The highest BCUT2D eigenvalue weighted by Crippen LogP contribution is 2.35. The molecular formula is C13H15F2NO2. The van der Waals surface area contributed by atoms with Gasteiger partial charge in [0.05, 0.1) is 5.56 Å². The first-order valence-electron chi connectivity index (χ1n) is 5.96. The minimum absolute atomic E-state index is 0.374. The van der Waals surface area contributed by atoms with E-state index < -0.39 is 28.7 Å². The summed E-state index contributed by atoms with van der Waals surface area (Å²) in [5.41, 5.74) is 5.17. The van der Waals surface area contributed by atoms with Gasteiger partial charge in [0.25, 0.3) is 0 Å². The molecule has 0 radical (unpaired) electrons. The first-order chi connectivity index (χ1) is 8.44. The zero-order valence-electron chi connectivity index (χ0n) is 9.88. The summed E-state index contributed by atoms with van der Waals surface area (Å²) < 4.78 is 26.8. The zero-order chi connectivity index (χ0) is 13.3. The van der Waals surface area contributed by atoms with Gasteiger partial charge in [-0.3, -0.25) is 0 Å². The lowest BCUT2D eigenvalue weighted by Crippen LogP contribution is -2.39. The highest BCUT2D eigenvalue weighted by molar-refractivity contribution is 5.88. The van der Waals surface area contributed by atoms with Crippen LogP contribution in [-0.2, 0) is 5.54 Å². The van der Waals surface area contributed by atoms with Crippen LogP contribution in [0.1, 0.15) is 48.0 Å². The Morgan fingerprint density at radius 3 is 2.39 bits per heavy atom. The summed E-state index contributed by atoms with van der Waals surface area (Å²) in [7, 11) is 0. The Morgan fingerprint density at radius 2 is 1.83 bits per heavy atom. The van der Waals surface area contributed by atoms with Crippen LogP contribution < -0.4 is 5.73 Å². The second-order valence-electron chi connectivity index (χ2n) is 4.84. The van der Waals surface area contributed by atoms with E-state index in [9.17, 15) is 13.6 Å². The maximum atomic E-state index is 13.4. The molecule has 0 aliphatic heterocycles. The van der Waals surface area contributed by atoms with Crippen molar-refractivity contribution in [2.75, 3.05) is 0 Å². The number of aromatic carboxylic acids is 1. The molecule has 98 valence electrons. The molecule has 0 spiro atoms. The lowest BCUT2D eigenvalue weighted by Gasteiger charge is -2.34. The quantitative estimate of drug-likeness (QED) is 0.854. The largest absolute Gasteiger partial charge is 0.478 e. The fourth-order valence-electron chi connectivity index (χ4n) is 2.50. The van der Waals surface area contributed by atoms with E-state index >= 15 is 0 Å². The Bertz CT molecular complexity index is 482. The standard InChI is InChI=1S/C13H15F2NO2/c14-10-7-8(6-9(11(10)15)12(17)18)13(16)4-2-1-3-5-13/h6-7H,1-5,16H2,(H,17,18). The highest BCUT2D eigenvalue weighted by Gasteiger charge is 2.31. The molecule has 5 heteroatoms. The molecule has 0 aromatic heterocycles. The zero-order valence-corrected chi connectivity index (χ0v) is 9.88. The van der Waals surface area contributed by atoms with E-state index in [-0.39, 0.29) is 0 Å². The lowest BCUT2D eigenvalue weighted by molar-refractivity contribution is 0.0690. The van der Waals surface area contributed by atoms with Crippen molar-refractivity contribution in [2.45, 2.75) is 37.6 Å². The monoisotopic (exact) mass is 255 g/mol. The summed E-state index contributed by atoms with van der Waals surface area (Å²) in [6.45, 7) is 0. The van der Waals surface area contributed by atoms with E-state index in [0.717, 1.165) is 31.4 Å². The number of carboxylic acid groups (broad SMARTS) is 1. The van der Waals surface area contributed by atoms with Crippen molar-refractivity contribution in [1.82, 2.24) is 0 Å². The van der Waals surface area contributed by atoms with Crippen LogP contribution >= 0.6 is 0 Å². The number of rotatable bonds is 2. The number of hydrogen-bond acceptors (Lipinski definition) is 2. The predicted molar refractivity (Wildman–Crippen MR) is 62.3 cm³/mol. The lowest BCUT2D eigenvalue weighted by atomic mass is 9.77. The summed E-state index contributed by atoms with van der Waals surface area (Å²) in [5, 5.41) is 8.85. The smallest absolute Gasteiger partial charge is 0.338 e. The fourth-order valence-corrected chi connectivity index (χ4v) is 2.50. The maximum absolute atomic E-state index is 13.4. The summed E-state index contributed by atoms with van der Waals surface area (Å²) in [6, 6.07) is 2.18. The van der Waals surface area contributed by atoms with Crippen molar-refractivity contribution in [3.8, 4) is 0 Å². The maximum Gasteiger partial charge on any atom is 0.338 e. The molecular weight excluding hydrogens is 240 g/mol. The number of carbonyl (C=O) groups is 1. The first kappa shape index (κ1) is 13.0. The second-order valence-corrected chi connectivity index (χ2v) is 4.84. The third kappa shape index (κ3) is 2.22. The van der Waals surface area contributed by atoms with E-state index in [1.54, 1.807) is 0 Å². The SMILES string of the molecule is NC1(c2cc(F)c(F)c(C(=O)O)c2)CCCCC1. The van der Waals surface area contributed by atoms with E-state index in [1.165, 1.54) is 0 Å². The topological polar surface area (TPSA) is 63.3 Å². The molecule has 18 heavy (non-hydrogen) atoms. The molecule has 1 saturated carbocycles. The molecule has 0 heterocycles. The molecule has 1 aromatic carbocycles. The van der Waals surface area contributed by atoms with Gasteiger partial charge in [-0.1, -0.05) is 19.3 Å². The molecule has 1 aliphatic carbocycles. The van der Waals surface area contributed by atoms with Crippen molar-refractivity contribution in [3.63, 3.8) is 0 Å². The van der Waals surface area contributed by atoms with Gasteiger partial charge in [0.1, 0.15) is 0 Å². The van der Waals surface area contributed by atoms with E-state index in [0.29, 0.717) is 18.4 Å². The van der Waals surface area contributed by atoms with Crippen LogP contribution in [0, 0.1) is 11.6 Å². The van der Waals surface area contributed by atoms with Gasteiger partial charge in [0.2, 0.25) is 0 Å². The Kier molecular flexibility index (Phi) is 3.34. The van der Waals surface area contributed by atoms with Crippen molar-refractivity contribution in [2.24, 2.45) is 5.73 Å². The summed E-state index contributed by atoms with van der Waals surface area (Å²) in [4.78, 5) is 10.9. The van der Waals surface area contributed by atoms with Crippen LogP contribution in [-0.4, -0.2) is 11.1 Å². The van der Waals surface area contributed by atoms with E-state index in [4.69, 9.17) is 10.8 Å². The molecule has 1 aliphatic rings. The van der Waals surface area contributed by atoms with Crippen molar-refractivity contribution in [1.29, 1.82) is 0 Å². The third-order valence-corrected chi connectivity index (χ3v) is 3.58. The number of benzene rings is 1. The van der Waals surface area contributed by atoms with Crippen LogP contribution in [0.4, 0.5) is 8.78 Å². The Labute approximate surface area is 104 Å². The van der Waals surface area contributed by atoms with Gasteiger partial charge in [-0.05, 0) is 30.5 Å². The van der Waals surface area contributed by atoms with Gasteiger partial charge >= 0.3 is 5.97 Å². The van der Waals surface area contributed by atoms with E-state index in [1.807, 2.05) is 0 Å². The molecule has 1 aromatic rings. The number of halogens is 2. The minimum Gasteiger partial charge on any atom is -0.478 e. The summed E-state index contributed by atoms with van der Waals surface area (Å²) in [5.74, 6) is -3.96. The Morgan fingerprint density at radius 1 is 1.22 bits per heavy atom. The van der Waals surface area contributed by atoms with Gasteiger partial charge in [-0.2, -0.15) is 0 Å². The Balaban J connectivity index is 2.48. The first-order valence-corrected chi connectivity index (χ1v) is 5.96. The number of nitrogens with two attached hydrogens (primary N) is 1. The molecule has 3 N–H and O–H groups in total. The number of hydrogen-bond donors (Lipinski definition) is 2. The van der Waals surface area contributed by atoms with Crippen LogP contribution in [0.3, 0.4) is 0 Å². The molecule has 0 unspecified atom stereocenters. The molecule has 0 atom stereocenters. The minimum atomic E-state index is -1.48. The molecule has 0 bridgehead atoms.